The highest BCUT2D eigenvalue weighted by Crippen LogP contribution is 2.19. The van der Waals surface area contributed by atoms with E-state index in [0.29, 0.717) is 34.8 Å². The second kappa shape index (κ2) is 8.18. The molecule has 0 aliphatic heterocycles. The van der Waals surface area contributed by atoms with Gasteiger partial charge in [0.2, 0.25) is 11.9 Å². The number of hydrogen-bond acceptors (Lipinski definition) is 6. The van der Waals surface area contributed by atoms with Crippen LogP contribution in [0.5, 0.6) is 0 Å². The summed E-state index contributed by atoms with van der Waals surface area (Å²) >= 11 is 0. The van der Waals surface area contributed by atoms with Crippen LogP contribution in [-0.4, -0.2) is 37.4 Å². The van der Waals surface area contributed by atoms with Crippen LogP contribution in [0.25, 0.3) is 16.7 Å². The molecule has 0 fully saturated rings. The molecule has 2 aromatic heterocycles. The molecule has 4 rings (SSSR count). The number of carbonyl (C=O) groups excluding carboxylic acids is 1. The van der Waals surface area contributed by atoms with Gasteiger partial charge in [-0.1, -0.05) is 12.1 Å². The van der Waals surface area contributed by atoms with Crippen molar-refractivity contribution < 1.29 is 9.90 Å². The molecule has 0 spiro atoms. The molecule has 2 heterocycles. The molecule has 0 atom stereocenters. The zero-order chi connectivity index (χ0) is 21.1. The number of rotatable bonds is 6. The minimum atomic E-state index is -0.305. The standard InChI is InChI=1S/C21H20N6O3/c1-13(29)23-15-6-8-17(9-7-15)27-19-18(12-22-27)20(30)26-21(25-19)24-16-4-2-14(3-5-16)10-11-28/h2-9,12,28H,10-11H2,1H3,(H,23,29)(H2,24,25,26,30). The second-order valence-corrected chi connectivity index (χ2v) is 6.73. The van der Waals surface area contributed by atoms with Gasteiger partial charge in [-0.15, -0.1) is 0 Å². The monoisotopic (exact) mass is 404 g/mol. The molecule has 9 nitrogen and oxygen atoms in total. The Kier molecular flexibility index (Phi) is 5.27. The van der Waals surface area contributed by atoms with E-state index in [1.54, 1.807) is 28.9 Å². The molecule has 0 saturated carbocycles. The van der Waals surface area contributed by atoms with Crippen LogP contribution in [0.2, 0.25) is 0 Å². The Morgan fingerprint density at radius 1 is 1.10 bits per heavy atom. The number of aliphatic hydroxyl groups is 1. The van der Waals surface area contributed by atoms with Crippen molar-refractivity contribution in [2.45, 2.75) is 13.3 Å². The van der Waals surface area contributed by atoms with Gasteiger partial charge in [-0.05, 0) is 48.4 Å². The van der Waals surface area contributed by atoms with E-state index in [-0.39, 0.29) is 18.1 Å². The van der Waals surface area contributed by atoms with Crippen LogP contribution in [-0.2, 0) is 11.2 Å². The predicted molar refractivity (Wildman–Crippen MR) is 114 cm³/mol. The first kappa shape index (κ1) is 19.3. The molecule has 30 heavy (non-hydrogen) atoms. The molecule has 152 valence electrons. The molecule has 0 radical (unpaired) electrons. The highest BCUT2D eigenvalue weighted by atomic mass is 16.3. The van der Waals surface area contributed by atoms with Gasteiger partial charge in [0.05, 0.1) is 11.9 Å². The number of aromatic amines is 1. The van der Waals surface area contributed by atoms with Crippen molar-refractivity contribution in [1.82, 2.24) is 19.7 Å². The summed E-state index contributed by atoms with van der Waals surface area (Å²) in [5.74, 6) is 0.139. The first-order chi connectivity index (χ1) is 14.5. The van der Waals surface area contributed by atoms with Crippen molar-refractivity contribution in [3.05, 3.63) is 70.6 Å². The number of H-pyrrole nitrogens is 1. The van der Waals surface area contributed by atoms with Crippen LogP contribution in [0, 0.1) is 0 Å². The quantitative estimate of drug-likeness (QED) is 0.391. The summed E-state index contributed by atoms with van der Waals surface area (Å²) in [6.45, 7) is 1.54. The molecule has 0 aliphatic carbocycles. The Labute approximate surface area is 171 Å². The van der Waals surface area contributed by atoms with Crippen molar-refractivity contribution in [2.24, 2.45) is 0 Å². The third kappa shape index (κ3) is 4.06. The van der Waals surface area contributed by atoms with Crippen molar-refractivity contribution in [3.8, 4) is 5.69 Å². The normalized spacial score (nSPS) is 10.9. The van der Waals surface area contributed by atoms with Crippen molar-refractivity contribution in [1.29, 1.82) is 0 Å². The molecule has 9 heteroatoms. The fraction of sp³-hybridized carbons (Fsp3) is 0.143. The molecule has 0 saturated heterocycles. The van der Waals surface area contributed by atoms with E-state index in [1.807, 2.05) is 24.3 Å². The minimum Gasteiger partial charge on any atom is -0.396 e. The Bertz CT molecular complexity index is 1240. The maximum absolute atomic E-state index is 12.5. The van der Waals surface area contributed by atoms with Gasteiger partial charge in [0, 0.05) is 24.9 Å². The van der Waals surface area contributed by atoms with Crippen molar-refractivity contribution in [3.63, 3.8) is 0 Å². The summed E-state index contributed by atoms with van der Waals surface area (Å²) in [4.78, 5) is 30.9. The Hall–Kier alpha value is -3.98. The van der Waals surface area contributed by atoms with Crippen LogP contribution in [0.4, 0.5) is 17.3 Å². The smallest absolute Gasteiger partial charge is 0.263 e. The van der Waals surface area contributed by atoms with E-state index in [0.717, 1.165) is 11.3 Å². The summed E-state index contributed by atoms with van der Waals surface area (Å²) in [7, 11) is 0. The van der Waals surface area contributed by atoms with Crippen LogP contribution in [0.1, 0.15) is 12.5 Å². The second-order valence-electron chi connectivity index (χ2n) is 6.73. The maximum atomic E-state index is 12.5. The summed E-state index contributed by atoms with van der Waals surface area (Å²) in [5, 5.41) is 19.5. The molecular formula is C21H20N6O3. The summed E-state index contributed by atoms with van der Waals surface area (Å²) in [5.41, 5.74) is 3.24. The number of amides is 1. The van der Waals surface area contributed by atoms with Crippen LogP contribution in [0.3, 0.4) is 0 Å². The van der Waals surface area contributed by atoms with E-state index in [1.165, 1.54) is 13.1 Å². The third-order valence-corrected chi connectivity index (χ3v) is 4.49. The van der Waals surface area contributed by atoms with Crippen LogP contribution < -0.4 is 16.2 Å². The lowest BCUT2D eigenvalue weighted by Crippen LogP contribution is -2.12. The molecule has 4 N–H and O–H groups in total. The lowest BCUT2D eigenvalue weighted by molar-refractivity contribution is -0.114. The van der Waals surface area contributed by atoms with Gasteiger partial charge in [0.25, 0.3) is 5.56 Å². The van der Waals surface area contributed by atoms with Crippen LogP contribution in [0.15, 0.2) is 59.5 Å². The van der Waals surface area contributed by atoms with Gasteiger partial charge >= 0.3 is 0 Å². The Balaban J connectivity index is 1.65. The number of carbonyl (C=O) groups is 1. The third-order valence-electron chi connectivity index (χ3n) is 4.49. The Morgan fingerprint density at radius 3 is 2.47 bits per heavy atom. The van der Waals surface area contributed by atoms with Crippen molar-refractivity contribution in [2.75, 3.05) is 17.2 Å². The van der Waals surface area contributed by atoms with Gasteiger partial charge < -0.3 is 15.7 Å². The van der Waals surface area contributed by atoms with E-state index >= 15 is 0 Å². The van der Waals surface area contributed by atoms with Gasteiger partial charge in [-0.3, -0.25) is 14.6 Å². The first-order valence-electron chi connectivity index (χ1n) is 9.36. The van der Waals surface area contributed by atoms with Gasteiger partial charge in [-0.25, -0.2) is 4.68 Å². The number of nitrogens with one attached hydrogen (secondary N) is 3. The molecule has 0 bridgehead atoms. The average molecular weight is 404 g/mol. The summed E-state index contributed by atoms with van der Waals surface area (Å²) in [6.07, 6.45) is 2.05. The number of aromatic nitrogens is 4. The number of benzene rings is 2. The number of anilines is 3. The molecule has 4 aromatic rings. The molecule has 1 amide bonds. The van der Waals surface area contributed by atoms with E-state index in [2.05, 4.69) is 25.7 Å². The zero-order valence-electron chi connectivity index (χ0n) is 16.2. The zero-order valence-corrected chi connectivity index (χ0v) is 16.2. The van der Waals surface area contributed by atoms with E-state index in [4.69, 9.17) is 5.11 Å². The fourth-order valence-electron chi connectivity index (χ4n) is 3.08. The number of aliphatic hydroxyl groups excluding tert-OH is 1. The topological polar surface area (TPSA) is 125 Å². The van der Waals surface area contributed by atoms with E-state index in [9.17, 15) is 9.59 Å². The highest BCUT2D eigenvalue weighted by molar-refractivity contribution is 5.88. The average Bonchev–Trinajstić information content (AvgIpc) is 3.14. The lowest BCUT2D eigenvalue weighted by Gasteiger charge is -2.08. The summed E-state index contributed by atoms with van der Waals surface area (Å²) < 4.78 is 1.57. The van der Waals surface area contributed by atoms with Crippen molar-refractivity contribution >= 4 is 34.3 Å². The van der Waals surface area contributed by atoms with Gasteiger partial charge in [0.15, 0.2) is 5.65 Å². The van der Waals surface area contributed by atoms with E-state index < -0.39 is 0 Å². The lowest BCUT2D eigenvalue weighted by atomic mass is 10.1. The molecule has 0 aliphatic rings. The summed E-state index contributed by atoms with van der Waals surface area (Å²) in [6, 6.07) is 14.6. The Morgan fingerprint density at radius 2 is 1.80 bits per heavy atom. The molecule has 0 unspecified atom stereocenters. The number of hydrogen-bond donors (Lipinski definition) is 4. The van der Waals surface area contributed by atoms with Gasteiger partial charge in [-0.2, -0.15) is 10.1 Å². The maximum Gasteiger partial charge on any atom is 0.263 e. The van der Waals surface area contributed by atoms with Crippen LogP contribution >= 0.6 is 0 Å². The fourth-order valence-corrected chi connectivity index (χ4v) is 3.08. The minimum absolute atomic E-state index is 0.0914. The molecule has 2 aromatic carbocycles. The number of fused-ring (bicyclic) bond motifs is 1. The largest absolute Gasteiger partial charge is 0.396 e. The number of nitrogens with zero attached hydrogens (tertiary/aromatic N) is 3. The SMILES string of the molecule is CC(=O)Nc1ccc(-n2ncc3c(=O)[nH]c(Nc4ccc(CCO)cc4)nc32)cc1. The van der Waals surface area contributed by atoms with Gasteiger partial charge in [0.1, 0.15) is 5.39 Å². The first-order valence-corrected chi connectivity index (χ1v) is 9.36. The predicted octanol–water partition coefficient (Wildman–Crippen LogP) is 2.35. The highest BCUT2D eigenvalue weighted by Gasteiger charge is 2.12. The molecular weight excluding hydrogens is 384 g/mol.